The van der Waals surface area contributed by atoms with Gasteiger partial charge in [0.05, 0.1) is 6.10 Å². The van der Waals surface area contributed by atoms with Crippen molar-refractivity contribution in [3.63, 3.8) is 0 Å². The third-order valence-corrected chi connectivity index (χ3v) is 2.42. The van der Waals surface area contributed by atoms with Crippen LogP contribution in [0, 0.1) is 0 Å². The number of urea groups is 1. The van der Waals surface area contributed by atoms with Crippen LogP contribution in [0.15, 0.2) is 0 Å². The normalized spacial score (nSPS) is 15.9. The number of aliphatic carboxylic acids is 1. The van der Waals surface area contributed by atoms with Gasteiger partial charge in [0.1, 0.15) is 0 Å². The highest BCUT2D eigenvalue weighted by Gasteiger charge is 2.25. The summed E-state index contributed by atoms with van der Waals surface area (Å²) in [5.41, 5.74) is 0. The van der Waals surface area contributed by atoms with Crippen molar-refractivity contribution in [3.05, 3.63) is 0 Å². The van der Waals surface area contributed by atoms with Crippen molar-refractivity contribution in [2.24, 2.45) is 0 Å². The smallest absolute Gasteiger partial charge is 0.328 e. The molecule has 0 aromatic carbocycles. The van der Waals surface area contributed by atoms with E-state index in [2.05, 4.69) is 10.6 Å². The van der Waals surface area contributed by atoms with Crippen molar-refractivity contribution in [2.45, 2.75) is 38.5 Å². The van der Waals surface area contributed by atoms with E-state index >= 15 is 0 Å². The molecule has 0 aromatic rings. The molecule has 4 N–H and O–H groups in total. The Morgan fingerprint density at radius 2 is 1.78 bits per heavy atom. The van der Waals surface area contributed by atoms with E-state index in [1.54, 1.807) is 0 Å². The van der Waals surface area contributed by atoms with Gasteiger partial charge in [0, 0.05) is 6.04 Å². The second-order valence-corrected chi connectivity index (χ2v) is 4.67. The van der Waals surface area contributed by atoms with Gasteiger partial charge in [-0.1, -0.05) is 0 Å². The lowest BCUT2D eigenvalue weighted by Crippen LogP contribution is -2.52. The second-order valence-electron chi connectivity index (χ2n) is 4.67. The molecule has 0 aliphatic heterocycles. The van der Waals surface area contributed by atoms with Crippen molar-refractivity contribution in [2.75, 3.05) is 20.6 Å². The number of carboxylic acid groups (broad SMARTS) is 1. The molecule has 0 rings (SSSR count). The Labute approximate surface area is 107 Å². The van der Waals surface area contributed by atoms with Gasteiger partial charge < -0.3 is 25.7 Å². The summed E-state index contributed by atoms with van der Waals surface area (Å²) < 4.78 is 0. The number of amides is 2. The highest BCUT2D eigenvalue weighted by atomic mass is 16.4. The van der Waals surface area contributed by atoms with E-state index in [1.165, 1.54) is 6.92 Å². The van der Waals surface area contributed by atoms with Gasteiger partial charge in [-0.2, -0.15) is 0 Å². The van der Waals surface area contributed by atoms with E-state index in [9.17, 15) is 14.7 Å². The van der Waals surface area contributed by atoms with Crippen LogP contribution in [0.3, 0.4) is 0 Å². The summed E-state index contributed by atoms with van der Waals surface area (Å²) in [6, 6.07) is -1.96. The largest absolute Gasteiger partial charge is 0.480 e. The van der Waals surface area contributed by atoms with Gasteiger partial charge in [-0.05, 0) is 40.9 Å². The number of hydrogen-bond acceptors (Lipinski definition) is 4. The van der Waals surface area contributed by atoms with Crippen LogP contribution >= 0.6 is 0 Å². The zero-order chi connectivity index (χ0) is 14.3. The van der Waals surface area contributed by atoms with Crippen LogP contribution in [0.5, 0.6) is 0 Å². The van der Waals surface area contributed by atoms with Crippen molar-refractivity contribution in [3.8, 4) is 0 Å². The maximum Gasteiger partial charge on any atom is 0.328 e. The van der Waals surface area contributed by atoms with Gasteiger partial charge in [0.2, 0.25) is 0 Å². The average Bonchev–Trinajstić information content (AvgIpc) is 2.22. The summed E-state index contributed by atoms with van der Waals surface area (Å²) in [5.74, 6) is -1.26. The van der Waals surface area contributed by atoms with E-state index in [0.29, 0.717) is 0 Å². The van der Waals surface area contributed by atoms with E-state index in [4.69, 9.17) is 5.11 Å². The molecule has 0 aliphatic rings. The quantitative estimate of drug-likeness (QED) is 0.493. The molecular weight excluding hydrogens is 238 g/mol. The Morgan fingerprint density at radius 1 is 1.22 bits per heavy atom. The van der Waals surface area contributed by atoms with Crippen LogP contribution in [-0.2, 0) is 4.79 Å². The Bertz CT molecular complexity index is 281. The van der Waals surface area contributed by atoms with E-state index in [0.717, 1.165) is 13.0 Å². The van der Waals surface area contributed by atoms with E-state index in [-0.39, 0.29) is 6.04 Å². The van der Waals surface area contributed by atoms with Crippen LogP contribution in [0.1, 0.15) is 20.3 Å². The summed E-state index contributed by atoms with van der Waals surface area (Å²) in [5, 5.41) is 22.9. The monoisotopic (exact) mass is 261 g/mol. The fourth-order valence-electron chi connectivity index (χ4n) is 1.32. The number of carbonyl (C=O) groups is 2. The summed E-state index contributed by atoms with van der Waals surface area (Å²) in [7, 11) is 3.86. The number of hydrogen-bond donors (Lipinski definition) is 4. The molecule has 18 heavy (non-hydrogen) atoms. The summed E-state index contributed by atoms with van der Waals surface area (Å²) in [6.45, 7) is 3.97. The van der Waals surface area contributed by atoms with Crippen LogP contribution in [-0.4, -0.2) is 65.9 Å². The molecular formula is C11H23N3O4. The topological polar surface area (TPSA) is 102 Å². The molecule has 0 bridgehead atoms. The zero-order valence-corrected chi connectivity index (χ0v) is 11.3. The average molecular weight is 261 g/mol. The third kappa shape index (κ3) is 7.08. The molecule has 7 heteroatoms. The van der Waals surface area contributed by atoms with Gasteiger partial charge in [-0.15, -0.1) is 0 Å². The molecule has 106 valence electrons. The number of carbonyl (C=O) groups excluding carboxylic acids is 1. The number of aliphatic hydroxyl groups is 1. The first-order valence-electron chi connectivity index (χ1n) is 5.86. The SMILES string of the molecule is CC(CCN(C)C)NC(=O)NC(C(=O)O)C(C)O. The van der Waals surface area contributed by atoms with Crippen LogP contribution in [0.25, 0.3) is 0 Å². The first-order chi connectivity index (χ1) is 8.23. The molecule has 0 saturated heterocycles. The van der Waals surface area contributed by atoms with Crippen LogP contribution in [0.2, 0.25) is 0 Å². The van der Waals surface area contributed by atoms with E-state index in [1.807, 2.05) is 25.9 Å². The molecule has 0 saturated carbocycles. The van der Waals surface area contributed by atoms with Gasteiger partial charge >= 0.3 is 12.0 Å². The maximum absolute atomic E-state index is 11.5. The molecule has 7 nitrogen and oxygen atoms in total. The molecule has 3 unspecified atom stereocenters. The Balaban J connectivity index is 4.12. The highest BCUT2D eigenvalue weighted by molar-refractivity contribution is 5.83. The molecule has 0 fully saturated rings. The maximum atomic E-state index is 11.5. The first kappa shape index (κ1) is 16.7. The molecule has 0 aromatic heterocycles. The zero-order valence-electron chi connectivity index (χ0n) is 11.3. The molecule has 0 aliphatic carbocycles. The molecule has 0 radical (unpaired) electrons. The van der Waals surface area contributed by atoms with Crippen molar-refractivity contribution in [1.29, 1.82) is 0 Å². The fraction of sp³-hybridized carbons (Fsp3) is 0.818. The van der Waals surface area contributed by atoms with Crippen molar-refractivity contribution < 1.29 is 19.8 Å². The van der Waals surface area contributed by atoms with Gasteiger partial charge in [0.15, 0.2) is 6.04 Å². The Hall–Kier alpha value is -1.34. The third-order valence-electron chi connectivity index (χ3n) is 2.42. The summed E-state index contributed by atoms with van der Waals surface area (Å²) in [4.78, 5) is 24.3. The van der Waals surface area contributed by atoms with E-state index < -0.39 is 24.1 Å². The molecule has 2 amide bonds. The summed E-state index contributed by atoms with van der Waals surface area (Å²) in [6.07, 6.45) is -0.391. The van der Waals surface area contributed by atoms with Crippen LogP contribution in [0.4, 0.5) is 4.79 Å². The lowest BCUT2D eigenvalue weighted by atomic mass is 10.2. The van der Waals surface area contributed by atoms with Crippen molar-refractivity contribution in [1.82, 2.24) is 15.5 Å². The van der Waals surface area contributed by atoms with Gasteiger partial charge in [-0.25, -0.2) is 9.59 Å². The highest BCUT2D eigenvalue weighted by Crippen LogP contribution is 1.95. The van der Waals surface area contributed by atoms with Crippen molar-refractivity contribution >= 4 is 12.0 Å². The minimum absolute atomic E-state index is 0.0733. The minimum atomic E-state index is -1.30. The fourth-order valence-corrected chi connectivity index (χ4v) is 1.32. The minimum Gasteiger partial charge on any atom is -0.480 e. The predicted octanol–water partition coefficient (Wildman–Crippen LogP) is -0.540. The predicted molar refractivity (Wildman–Crippen MR) is 67.4 cm³/mol. The Morgan fingerprint density at radius 3 is 2.17 bits per heavy atom. The second kappa shape index (κ2) is 7.88. The standard InChI is InChI=1S/C11H23N3O4/c1-7(5-6-14(3)4)12-11(18)13-9(8(2)15)10(16)17/h7-9,15H,5-6H2,1-4H3,(H,16,17)(H2,12,13,18). The number of nitrogens with one attached hydrogen (secondary N) is 2. The van der Waals surface area contributed by atoms with Gasteiger partial charge in [0.25, 0.3) is 0 Å². The molecule has 0 heterocycles. The number of nitrogens with zero attached hydrogens (tertiary/aromatic N) is 1. The summed E-state index contributed by atoms with van der Waals surface area (Å²) >= 11 is 0. The van der Waals surface area contributed by atoms with Gasteiger partial charge in [-0.3, -0.25) is 0 Å². The molecule has 3 atom stereocenters. The lowest BCUT2D eigenvalue weighted by molar-refractivity contribution is -0.141. The number of rotatable bonds is 7. The number of aliphatic hydroxyl groups excluding tert-OH is 1. The lowest BCUT2D eigenvalue weighted by Gasteiger charge is -2.20. The number of carboxylic acids is 1. The van der Waals surface area contributed by atoms with Crippen LogP contribution < -0.4 is 10.6 Å². The first-order valence-corrected chi connectivity index (χ1v) is 5.86. The molecule has 0 spiro atoms. The Kier molecular flexibility index (Phi) is 7.30.